The van der Waals surface area contributed by atoms with Gasteiger partial charge in [0.05, 0.1) is 25.8 Å². The molecule has 0 saturated carbocycles. The Kier molecular flexibility index (Phi) is 6.29. The number of sulfonamides is 1. The normalized spacial score (nSPS) is 25.5. The van der Waals surface area contributed by atoms with E-state index in [0.29, 0.717) is 5.75 Å². The number of nitrogens with zero attached hydrogens (tertiary/aromatic N) is 1. The Bertz CT molecular complexity index is 836. The van der Waals surface area contributed by atoms with Gasteiger partial charge in [0.15, 0.2) is 0 Å². The molecule has 1 fully saturated rings. The molecule has 0 radical (unpaired) electrons. The van der Waals surface area contributed by atoms with E-state index in [1.807, 2.05) is 0 Å². The van der Waals surface area contributed by atoms with Crippen molar-refractivity contribution in [3.8, 4) is 11.5 Å². The topological polar surface area (TPSA) is 131 Å². The van der Waals surface area contributed by atoms with Gasteiger partial charge in [-0.15, -0.1) is 0 Å². The minimum absolute atomic E-state index is 0.0409. The van der Waals surface area contributed by atoms with Crippen molar-refractivity contribution in [3.63, 3.8) is 0 Å². The van der Waals surface area contributed by atoms with Crippen LogP contribution in [0.4, 0.5) is 4.79 Å². The third kappa shape index (κ3) is 3.82. The Balaban J connectivity index is 2.40. The van der Waals surface area contributed by atoms with Crippen molar-refractivity contribution in [2.75, 3.05) is 27.3 Å². The van der Waals surface area contributed by atoms with Gasteiger partial charge in [0.1, 0.15) is 29.0 Å². The largest absolute Gasteiger partial charge is 0.498 e. The lowest BCUT2D eigenvalue weighted by atomic mass is 10.00. The maximum Gasteiger partial charge on any atom is 0.258 e. The maximum absolute atomic E-state index is 13.0. The first-order valence-corrected chi connectivity index (χ1v) is 10.4. The molecule has 1 unspecified atom stereocenters. The first-order valence-electron chi connectivity index (χ1n) is 8.96. The van der Waals surface area contributed by atoms with Crippen molar-refractivity contribution in [2.24, 2.45) is 5.73 Å². The second-order valence-electron chi connectivity index (χ2n) is 7.95. The summed E-state index contributed by atoms with van der Waals surface area (Å²) in [4.78, 5) is 12.0. The fraction of sp³-hybridized carbons (Fsp3) is 0.611. The van der Waals surface area contributed by atoms with Gasteiger partial charge in [0.25, 0.3) is 6.09 Å². The van der Waals surface area contributed by atoms with E-state index in [4.69, 9.17) is 15.2 Å². The van der Waals surface area contributed by atoms with E-state index in [-0.39, 0.29) is 30.2 Å². The highest BCUT2D eigenvalue weighted by Crippen LogP contribution is 2.37. The van der Waals surface area contributed by atoms with Crippen LogP contribution in [0.2, 0.25) is 0 Å². The zero-order valence-electron chi connectivity index (χ0n) is 16.9. The van der Waals surface area contributed by atoms with Crippen LogP contribution in [0.25, 0.3) is 0 Å². The molecule has 9 nitrogen and oxygen atoms in total. The summed E-state index contributed by atoms with van der Waals surface area (Å²) in [7, 11) is -1.18. The molecule has 1 aromatic carbocycles. The number of quaternary nitrogens is 1. The quantitative estimate of drug-likeness (QED) is 0.627. The zero-order chi connectivity index (χ0) is 21.3. The summed E-state index contributed by atoms with van der Waals surface area (Å²) >= 11 is 0. The van der Waals surface area contributed by atoms with E-state index < -0.39 is 38.2 Å². The highest BCUT2D eigenvalue weighted by atomic mass is 32.2. The van der Waals surface area contributed by atoms with Crippen LogP contribution in [-0.4, -0.2) is 63.9 Å². The number of amides is 1. The summed E-state index contributed by atoms with van der Waals surface area (Å²) in [6, 6.07) is 3.37. The summed E-state index contributed by atoms with van der Waals surface area (Å²) < 4.78 is 38.5. The number of nitrogens with one attached hydrogen (secondary N) is 1. The molecule has 0 bridgehead atoms. The van der Waals surface area contributed by atoms with E-state index in [1.54, 1.807) is 26.8 Å². The lowest BCUT2D eigenvalue weighted by Crippen LogP contribution is -2.71. The van der Waals surface area contributed by atoms with Crippen LogP contribution in [0.15, 0.2) is 23.1 Å². The molecule has 1 aromatic rings. The molecule has 3 N–H and O–H groups in total. The van der Waals surface area contributed by atoms with Crippen molar-refractivity contribution >= 4 is 16.1 Å². The molecular formula is C18H29N3O6S. The molecule has 0 aliphatic carbocycles. The van der Waals surface area contributed by atoms with E-state index in [9.17, 15) is 18.3 Å². The number of ether oxygens (including phenoxy) is 2. The van der Waals surface area contributed by atoms with Gasteiger partial charge < -0.3 is 25.1 Å². The van der Waals surface area contributed by atoms with Crippen LogP contribution >= 0.6 is 0 Å². The summed E-state index contributed by atoms with van der Waals surface area (Å²) in [5, 5.41) is 12.1. The van der Waals surface area contributed by atoms with Gasteiger partial charge in [-0.3, -0.25) is 4.48 Å². The van der Waals surface area contributed by atoms with E-state index >= 15 is 0 Å². The number of benzene rings is 1. The van der Waals surface area contributed by atoms with Gasteiger partial charge in [-0.2, -0.15) is 0 Å². The van der Waals surface area contributed by atoms with Gasteiger partial charge in [-0.1, -0.05) is 0 Å². The van der Waals surface area contributed by atoms with E-state index in [2.05, 4.69) is 4.72 Å². The molecule has 1 amide bonds. The molecule has 0 aromatic heterocycles. The molecule has 1 aliphatic heterocycles. The fourth-order valence-corrected chi connectivity index (χ4v) is 5.46. The van der Waals surface area contributed by atoms with Crippen LogP contribution in [0, 0.1) is 0 Å². The minimum Gasteiger partial charge on any atom is -0.498 e. The van der Waals surface area contributed by atoms with Gasteiger partial charge in [-0.05, 0) is 32.9 Å². The fourth-order valence-electron chi connectivity index (χ4n) is 4.04. The number of hydrogen-bond donors (Lipinski definition) is 2. The van der Waals surface area contributed by atoms with Crippen LogP contribution < -0.4 is 25.0 Å². The van der Waals surface area contributed by atoms with Crippen LogP contribution in [0.3, 0.4) is 0 Å². The van der Waals surface area contributed by atoms with Gasteiger partial charge in [-0.25, -0.2) is 13.1 Å². The number of rotatable bonds is 6. The van der Waals surface area contributed by atoms with E-state index in [0.717, 1.165) is 0 Å². The lowest BCUT2D eigenvalue weighted by molar-refractivity contribution is -0.929. The summed E-state index contributed by atoms with van der Waals surface area (Å²) in [6.45, 7) is 5.50. The monoisotopic (exact) mass is 415 g/mol. The van der Waals surface area contributed by atoms with Crippen molar-refractivity contribution in [2.45, 2.75) is 49.7 Å². The maximum atomic E-state index is 13.0. The molecule has 3 atom stereocenters. The summed E-state index contributed by atoms with van der Waals surface area (Å²) in [6.07, 6.45) is -0.976. The SMILES string of the molecule is COc1ccc(OC)c(S(=O)(=O)N[C@@H]2C[C@H](CN)[N+](C(=O)[O-])(C(C)(C)C)C2)c1. The van der Waals surface area contributed by atoms with Crippen LogP contribution in [0.1, 0.15) is 27.2 Å². The second-order valence-corrected chi connectivity index (χ2v) is 9.63. The second kappa shape index (κ2) is 7.86. The Hall–Kier alpha value is -1.88. The number of methoxy groups -OCH3 is 2. The number of carboxylic acid groups (broad SMARTS) is 1. The molecule has 1 heterocycles. The van der Waals surface area contributed by atoms with Gasteiger partial charge >= 0.3 is 0 Å². The lowest BCUT2D eigenvalue weighted by Gasteiger charge is -2.49. The number of hydrogen-bond acceptors (Lipinski definition) is 7. The molecule has 28 heavy (non-hydrogen) atoms. The van der Waals surface area contributed by atoms with Gasteiger partial charge in [0, 0.05) is 19.0 Å². The molecule has 1 aliphatic rings. The Morgan fingerprint density at radius 3 is 2.39 bits per heavy atom. The standard InChI is InChI=1S/C18H29N3O6S/c1-18(2,3)21(17(22)23)11-12(8-13(21)10-19)20-28(24,25)16-9-14(26-4)6-7-15(16)27-5/h6-7,9,12-13,20H,8,10-11,19H2,1-5H3/t12-,13-,21?/m1/s1. The molecular weight excluding hydrogens is 386 g/mol. The molecule has 1 saturated heterocycles. The van der Waals surface area contributed by atoms with Crippen molar-refractivity contribution in [1.82, 2.24) is 4.72 Å². The van der Waals surface area contributed by atoms with Crippen molar-refractivity contribution in [3.05, 3.63) is 18.2 Å². The highest BCUT2D eigenvalue weighted by molar-refractivity contribution is 7.89. The average molecular weight is 416 g/mol. The Morgan fingerprint density at radius 2 is 1.96 bits per heavy atom. The highest BCUT2D eigenvalue weighted by Gasteiger charge is 2.55. The average Bonchev–Trinajstić information content (AvgIpc) is 3.00. The molecule has 0 spiro atoms. The molecule has 2 rings (SSSR count). The Morgan fingerprint density at radius 1 is 1.32 bits per heavy atom. The van der Waals surface area contributed by atoms with Crippen molar-refractivity contribution in [1.29, 1.82) is 0 Å². The molecule has 158 valence electrons. The summed E-state index contributed by atoms with van der Waals surface area (Å²) in [5.41, 5.74) is 5.13. The summed E-state index contributed by atoms with van der Waals surface area (Å²) in [5.74, 6) is 0.528. The number of carbonyl (C=O) groups is 1. The number of likely N-dealkylation sites (tertiary alicyclic amines) is 1. The van der Waals surface area contributed by atoms with Crippen LogP contribution in [0.5, 0.6) is 11.5 Å². The number of nitrogens with two attached hydrogens (primary N) is 1. The predicted octanol–water partition coefficient (Wildman–Crippen LogP) is 0.0403. The predicted molar refractivity (Wildman–Crippen MR) is 101 cm³/mol. The van der Waals surface area contributed by atoms with Crippen LogP contribution in [-0.2, 0) is 10.0 Å². The first kappa shape index (κ1) is 22.4. The van der Waals surface area contributed by atoms with E-state index in [1.165, 1.54) is 26.4 Å². The first-order chi connectivity index (χ1) is 12.9. The smallest absolute Gasteiger partial charge is 0.258 e. The number of carbonyl (C=O) groups excluding carboxylic acids is 1. The molecule has 10 heteroatoms. The minimum atomic E-state index is -3.99. The van der Waals surface area contributed by atoms with Gasteiger partial charge in [0.2, 0.25) is 10.0 Å². The third-order valence-electron chi connectivity index (χ3n) is 5.47. The third-order valence-corrected chi connectivity index (χ3v) is 7.01. The Labute approximate surface area is 166 Å². The zero-order valence-corrected chi connectivity index (χ0v) is 17.7. The van der Waals surface area contributed by atoms with Crippen molar-refractivity contribution < 1.29 is 32.3 Å².